The Kier molecular flexibility index (Phi) is 2.96. The van der Waals surface area contributed by atoms with Crippen LogP contribution in [0.1, 0.15) is 33.6 Å². The maximum absolute atomic E-state index is 11.3. The van der Waals surface area contributed by atoms with Gasteiger partial charge in [-0.15, -0.1) is 0 Å². The molecule has 1 amide bonds. The molecule has 0 aromatic heterocycles. The third-order valence-corrected chi connectivity index (χ3v) is 2.78. The molecule has 1 aliphatic carbocycles. The Balaban J connectivity index is 2.51. The van der Waals surface area contributed by atoms with E-state index in [1.54, 1.807) is 0 Å². The summed E-state index contributed by atoms with van der Waals surface area (Å²) in [5.41, 5.74) is 4.93. The number of carbonyl (C=O) groups excluding carboxylic acids is 1. The van der Waals surface area contributed by atoms with Crippen molar-refractivity contribution in [1.82, 2.24) is 5.32 Å². The summed E-state index contributed by atoms with van der Waals surface area (Å²) in [7, 11) is 0. The zero-order valence-electron chi connectivity index (χ0n) is 8.76. The maximum Gasteiger partial charge on any atom is 0.237 e. The van der Waals surface area contributed by atoms with Gasteiger partial charge in [-0.1, -0.05) is 13.8 Å². The monoisotopic (exact) mass is 184 g/mol. The molecule has 0 aromatic rings. The fraction of sp³-hybridized carbons (Fsp3) is 0.900. The smallest absolute Gasteiger partial charge is 0.237 e. The number of rotatable bonds is 5. The van der Waals surface area contributed by atoms with E-state index in [0.717, 1.165) is 19.4 Å². The number of amides is 1. The van der Waals surface area contributed by atoms with Crippen molar-refractivity contribution in [3.05, 3.63) is 0 Å². The van der Waals surface area contributed by atoms with Crippen LogP contribution < -0.4 is 11.1 Å². The van der Waals surface area contributed by atoms with Crippen molar-refractivity contribution >= 4 is 5.91 Å². The minimum Gasteiger partial charge on any atom is -0.368 e. The van der Waals surface area contributed by atoms with E-state index in [0.29, 0.717) is 11.8 Å². The van der Waals surface area contributed by atoms with Crippen molar-refractivity contribution in [1.29, 1.82) is 0 Å². The van der Waals surface area contributed by atoms with E-state index in [1.807, 2.05) is 6.92 Å². The molecule has 3 nitrogen and oxygen atoms in total. The first kappa shape index (κ1) is 10.5. The Hall–Kier alpha value is -0.570. The molecule has 3 N–H and O–H groups in total. The molecule has 0 aliphatic heterocycles. The van der Waals surface area contributed by atoms with Crippen LogP contribution in [0.25, 0.3) is 0 Å². The molecular formula is C10H20N2O. The van der Waals surface area contributed by atoms with E-state index in [4.69, 9.17) is 5.73 Å². The third-order valence-electron chi connectivity index (χ3n) is 2.78. The quantitative estimate of drug-likeness (QED) is 0.666. The van der Waals surface area contributed by atoms with E-state index in [1.165, 1.54) is 0 Å². The molecule has 0 spiro atoms. The van der Waals surface area contributed by atoms with Crippen molar-refractivity contribution in [3.8, 4) is 0 Å². The van der Waals surface area contributed by atoms with Gasteiger partial charge in [0, 0.05) is 0 Å². The van der Waals surface area contributed by atoms with Crippen molar-refractivity contribution in [3.63, 3.8) is 0 Å². The molecule has 0 radical (unpaired) electrons. The van der Waals surface area contributed by atoms with Crippen LogP contribution in [0.3, 0.4) is 0 Å². The van der Waals surface area contributed by atoms with E-state index in [2.05, 4.69) is 19.2 Å². The van der Waals surface area contributed by atoms with Gasteiger partial charge in [-0.3, -0.25) is 4.79 Å². The van der Waals surface area contributed by atoms with Crippen molar-refractivity contribution in [2.45, 2.75) is 39.2 Å². The van der Waals surface area contributed by atoms with Crippen LogP contribution >= 0.6 is 0 Å². The molecule has 0 bridgehead atoms. The summed E-state index contributed by atoms with van der Waals surface area (Å²) in [6, 6.07) is 0. The lowest BCUT2D eigenvalue weighted by atomic mass is 9.94. The molecule has 1 rings (SSSR count). The Bertz CT molecular complexity index is 199. The van der Waals surface area contributed by atoms with Gasteiger partial charge in [-0.05, 0) is 38.1 Å². The number of hydrogen-bond donors (Lipinski definition) is 2. The first-order valence-corrected chi connectivity index (χ1v) is 5.01. The minimum atomic E-state index is -0.468. The van der Waals surface area contributed by atoms with Gasteiger partial charge in [-0.25, -0.2) is 0 Å². The predicted molar refractivity (Wildman–Crippen MR) is 53.2 cm³/mol. The van der Waals surface area contributed by atoms with Gasteiger partial charge >= 0.3 is 0 Å². The fourth-order valence-corrected chi connectivity index (χ4v) is 1.51. The molecule has 76 valence electrons. The van der Waals surface area contributed by atoms with Crippen molar-refractivity contribution in [2.24, 2.45) is 17.6 Å². The van der Waals surface area contributed by atoms with Gasteiger partial charge in [0.25, 0.3) is 0 Å². The highest BCUT2D eigenvalue weighted by atomic mass is 16.1. The Morgan fingerprint density at radius 2 is 2.15 bits per heavy atom. The number of carbonyl (C=O) groups is 1. The molecule has 0 aromatic carbocycles. The second-order valence-electron chi connectivity index (χ2n) is 4.62. The van der Waals surface area contributed by atoms with Crippen LogP contribution in [0.2, 0.25) is 0 Å². The molecule has 3 heteroatoms. The number of hydrogen-bond acceptors (Lipinski definition) is 2. The van der Waals surface area contributed by atoms with Crippen molar-refractivity contribution in [2.75, 3.05) is 6.54 Å². The fourth-order valence-electron chi connectivity index (χ4n) is 1.51. The van der Waals surface area contributed by atoms with Crippen LogP contribution in [0.15, 0.2) is 0 Å². The number of primary amides is 1. The first-order valence-electron chi connectivity index (χ1n) is 5.01. The summed E-state index contributed by atoms with van der Waals surface area (Å²) in [6.07, 6.45) is 2.26. The van der Waals surface area contributed by atoms with E-state index in [9.17, 15) is 4.79 Å². The van der Waals surface area contributed by atoms with Crippen LogP contribution in [-0.2, 0) is 4.79 Å². The van der Waals surface area contributed by atoms with Gasteiger partial charge < -0.3 is 11.1 Å². The summed E-state index contributed by atoms with van der Waals surface area (Å²) >= 11 is 0. The molecular weight excluding hydrogens is 164 g/mol. The summed E-state index contributed by atoms with van der Waals surface area (Å²) in [4.78, 5) is 11.3. The predicted octanol–water partition coefficient (Wildman–Crippen LogP) is 0.886. The zero-order valence-corrected chi connectivity index (χ0v) is 8.76. The Labute approximate surface area is 80.1 Å². The lowest BCUT2D eigenvalue weighted by Gasteiger charge is -2.28. The van der Waals surface area contributed by atoms with Gasteiger partial charge in [0.05, 0.1) is 5.54 Å². The normalized spacial score (nSPS) is 21.5. The van der Waals surface area contributed by atoms with Crippen molar-refractivity contribution < 1.29 is 4.79 Å². The van der Waals surface area contributed by atoms with Crippen LogP contribution in [0, 0.1) is 11.8 Å². The molecule has 1 fully saturated rings. The van der Waals surface area contributed by atoms with Gasteiger partial charge in [0.1, 0.15) is 0 Å². The minimum absolute atomic E-state index is 0.212. The SMILES string of the molecule is CC(C)CNC(C)(C(N)=O)C1CC1. The molecule has 13 heavy (non-hydrogen) atoms. The standard InChI is InChI=1S/C10H20N2O/c1-7(2)6-12-10(3,9(11)13)8-4-5-8/h7-8,12H,4-6H2,1-3H3,(H2,11,13). The molecule has 1 aliphatic rings. The van der Waals surface area contributed by atoms with Gasteiger partial charge in [0.2, 0.25) is 5.91 Å². The molecule has 1 atom stereocenters. The van der Waals surface area contributed by atoms with E-state index >= 15 is 0 Å². The van der Waals surface area contributed by atoms with E-state index in [-0.39, 0.29) is 5.91 Å². The highest BCUT2D eigenvalue weighted by Crippen LogP contribution is 2.39. The Morgan fingerprint density at radius 3 is 2.46 bits per heavy atom. The lowest BCUT2D eigenvalue weighted by molar-refractivity contribution is -0.124. The third kappa shape index (κ3) is 2.44. The molecule has 0 heterocycles. The van der Waals surface area contributed by atoms with Crippen LogP contribution in [0.4, 0.5) is 0 Å². The summed E-state index contributed by atoms with van der Waals surface area (Å²) in [5, 5.41) is 3.28. The average molecular weight is 184 g/mol. The molecule has 1 saturated carbocycles. The first-order chi connectivity index (χ1) is 5.97. The zero-order chi connectivity index (χ0) is 10.1. The summed E-state index contributed by atoms with van der Waals surface area (Å²) < 4.78 is 0. The summed E-state index contributed by atoms with van der Waals surface area (Å²) in [6.45, 7) is 7.04. The lowest BCUT2D eigenvalue weighted by Crippen LogP contribution is -2.55. The summed E-state index contributed by atoms with van der Waals surface area (Å²) in [5.74, 6) is 0.803. The molecule has 0 saturated heterocycles. The largest absolute Gasteiger partial charge is 0.368 e. The average Bonchev–Trinajstić information content (AvgIpc) is 2.81. The van der Waals surface area contributed by atoms with E-state index < -0.39 is 5.54 Å². The van der Waals surface area contributed by atoms with Crippen LogP contribution in [0.5, 0.6) is 0 Å². The maximum atomic E-state index is 11.3. The van der Waals surface area contributed by atoms with Crippen LogP contribution in [-0.4, -0.2) is 18.0 Å². The topological polar surface area (TPSA) is 55.1 Å². The number of nitrogens with one attached hydrogen (secondary N) is 1. The second kappa shape index (κ2) is 3.66. The highest BCUT2D eigenvalue weighted by molar-refractivity contribution is 5.85. The highest BCUT2D eigenvalue weighted by Gasteiger charge is 2.45. The van der Waals surface area contributed by atoms with Gasteiger partial charge in [-0.2, -0.15) is 0 Å². The second-order valence-corrected chi connectivity index (χ2v) is 4.62. The van der Waals surface area contributed by atoms with Gasteiger partial charge in [0.15, 0.2) is 0 Å². The molecule has 1 unspecified atom stereocenters. The Morgan fingerprint density at radius 1 is 1.62 bits per heavy atom. The number of nitrogens with two attached hydrogens (primary N) is 1.